The van der Waals surface area contributed by atoms with Crippen molar-refractivity contribution in [1.29, 1.82) is 0 Å². The normalized spacial score (nSPS) is 10.6. The highest BCUT2D eigenvalue weighted by Crippen LogP contribution is 2.12. The van der Waals surface area contributed by atoms with Gasteiger partial charge in [0.25, 0.3) is 0 Å². The zero-order chi connectivity index (χ0) is 13.8. The number of pyridine rings is 1. The van der Waals surface area contributed by atoms with Crippen LogP contribution in [-0.2, 0) is 13.0 Å². The minimum atomic E-state index is -0.995. The lowest BCUT2D eigenvalue weighted by atomic mass is 10.2. The van der Waals surface area contributed by atoms with E-state index in [1.54, 1.807) is 16.9 Å². The smallest absolute Gasteiger partial charge is 0.356 e. The van der Waals surface area contributed by atoms with Crippen LogP contribution in [0.4, 0.5) is 0 Å². The van der Waals surface area contributed by atoms with Crippen LogP contribution in [0.1, 0.15) is 35.1 Å². The quantitative estimate of drug-likeness (QED) is 0.859. The van der Waals surface area contributed by atoms with Crippen LogP contribution in [0.15, 0.2) is 29.0 Å². The van der Waals surface area contributed by atoms with Crippen LogP contribution >= 0.6 is 15.9 Å². The summed E-state index contributed by atoms with van der Waals surface area (Å²) in [6, 6.07) is 5.43. The molecule has 0 spiro atoms. The van der Waals surface area contributed by atoms with E-state index in [0.29, 0.717) is 6.54 Å². The van der Waals surface area contributed by atoms with E-state index in [0.717, 1.165) is 28.7 Å². The lowest BCUT2D eigenvalue weighted by Gasteiger charge is -2.06. The standard InChI is InChI=1S/C13H14BrN3O2/c1-2-3-10-6-11(13(18)19)16-17(10)8-9-4-5-12(14)15-7-9/h4-7H,2-3,8H2,1H3,(H,18,19). The lowest BCUT2D eigenvalue weighted by Crippen LogP contribution is -2.07. The first-order valence-corrected chi connectivity index (χ1v) is 6.80. The molecule has 0 saturated heterocycles. The number of rotatable bonds is 5. The zero-order valence-corrected chi connectivity index (χ0v) is 12.1. The van der Waals surface area contributed by atoms with Gasteiger partial charge in [0.05, 0.1) is 6.54 Å². The number of hydrogen-bond acceptors (Lipinski definition) is 3. The molecule has 0 unspecified atom stereocenters. The van der Waals surface area contributed by atoms with Gasteiger partial charge in [0.2, 0.25) is 0 Å². The number of aromatic nitrogens is 3. The third kappa shape index (κ3) is 3.41. The van der Waals surface area contributed by atoms with Crippen LogP contribution in [-0.4, -0.2) is 25.8 Å². The summed E-state index contributed by atoms with van der Waals surface area (Å²) in [6.07, 6.45) is 3.51. The number of nitrogens with zero attached hydrogens (tertiary/aromatic N) is 3. The highest BCUT2D eigenvalue weighted by molar-refractivity contribution is 9.10. The minimum Gasteiger partial charge on any atom is -0.476 e. The molecule has 0 aromatic carbocycles. The molecule has 6 heteroatoms. The van der Waals surface area contributed by atoms with Gasteiger partial charge >= 0.3 is 5.97 Å². The van der Waals surface area contributed by atoms with Crippen LogP contribution in [0.25, 0.3) is 0 Å². The first-order chi connectivity index (χ1) is 9.10. The molecular formula is C13H14BrN3O2. The molecule has 0 amide bonds. The summed E-state index contributed by atoms with van der Waals surface area (Å²) >= 11 is 3.28. The van der Waals surface area contributed by atoms with Crippen molar-refractivity contribution in [1.82, 2.24) is 14.8 Å². The molecule has 0 atom stereocenters. The van der Waals surface area contributed by atoms with Crippen molar-refractivity contribution < 1.29 is 9.90 Å². The predicted octanol–water partition coefficient (Wildman–Crippen LogP) is 2.74. The summed E-state index contributed by atoms with van der Waals surface area (Å²) in [5.41, 5.74) is 2.01. The fourth-order valence-corrected chi connectivity index (χ4v) is 2.06. The van der Waals surface area contributed by atoms with Crippen molar-refractivity contribution in [3.63, 3.8) is 0 Å². The monoisotopic (exact) mass is 323 g/mol. The second-order valence-electron chi connectivity index (χ2n) is 4.22. The summed E-state index contributed by atoms with van der Waals surface area (Å²) in [5, 5.41) is 13.1. The number of carboxylic acid groups (broad SMARTS) is 1. The molecule has 2 rings (SSSR count). The molecule has 0 radical (unpaired) electrons. The Morgan fingerprint density at radius 2 is 2.26 bits per heavy atom. The van der Waals surface area contributed by atoms with Crippen LogP contribution in [0, 0.1) is 0 Å². The maximum atomic E-state index is 11.0. The van der Waals surface area contributed by atoms with Gasteiger partial charge in [-0.25, -0.2) is 9.78 Å². The van der Waals surface area contributed by atoms with Gasteiger partial charge in [-0.3, -0.25) is 4.68 Å². The average molecular weight is 324 g/mol. The summed E-state index contributed by atoms with van der Waals surface area (Å²) in [6.45, 7) is 2.59. The van der Waals surface area contributed by atoms with E-state index in [1.807, 2.05) is 12.1 Å². The van der Waals surface area contributed by atoms with E-state index in [1.165, 1.54) is 0 Å². The number of carboxylic acids is 1. The Morgan fingerprint density at radius 1 is 1.47 bits per heavy atom. The van der Waals surface area contributed by atoms with Crippen LogP contribution < -0.4 is 0 Å². The number of aromatic carboxylic acids is 1. The second-order valence-corrected chi connectivity index (χ2v) is 5.04. The fourth-order valence-electron chi connectivity index (χ4n) is 1.83. The molecule has 100 valence electrons. The molecule has 0 aliphatic rings. The number of carbonyl (C=O) groups is 1. The highest BCUT2D eigenvalue weighted by atomic mass is 79.9. The van der Waals surface area contributed by atoms with Crippen molar-refractivity contribution in [2.24, 2.45) is 0 Å². The largest absolute Gasteiger partial charge is 0.476 e. The summed E-state index contributed by atoms with van der Waals surface area (Å²) in [7, 11) is 0. The maximum Gasteiger partial charge on any atom is 0.356 e. The Bertz CT molecular complexity index is 578. The van der Waals surface area contributed by atoms with Gasteiger partial charge in [-0.2, -0.15) is 5.10 Å². The van der Waals surface area contributed by atoms with E-state index >= 15 is 0 Å². The van der Waals surface area contributed by atoms with E-state index in [4.69, 9.17) is 5.11 Å². The van der Waals surface area contributed by atoms with Crippen molar-refractivity contribution in [3.8, 4) is 0 Å². The molecular weight excluding hydrogens is 310 g/mol. The Morgan fingerprint density at radius 3 is 2.84 bits per heavy atom. The van der Waals surface area contributed by atoms with Gasteiger partial charge in [-0.15, -0.1) is 0 Å². The molecule has 1 N–H and O–H groups in total. The van der Waals surface area contributed by atoms with Crippen LogP contribution in [0.5, 0.6) is 0 Å². The summed E-state index contributed by atoms with van der Waals surface area (Å²) in [5.74, 6) is -0.995. The van der Waals surface area contributed by atoms with Gasteiger partial charge < -0.3 is 5.11 Å². The van der Waals surface area contributed by atoms with Crippen LogP contribution in [0.3, 0.4) is 0 Å². The van der Waals surface area contributed by atoms with E-state index in [2.05, 4.69) is 32.9 Å². The van der Waals surface area contributed by atoms with Gasteiger partial charge in [-0.1, -0.05) is 19.4 Å². The van der Waals surface area contributed by atoms with E-state index in [-0.39, 0.29) is 5.69 Å². The van der Waals surface area contributed by atoms with Crippen molar-refractivity contribution in [2.45, 2.75) is 26.3 Å². The predicted molar refractivity (Wildman–Crippen MR) is 74.2 cm³/mol. The first kappa shape index (κ1) is 13.7. The molecule has 0 fully saturated rings. The Labute approximate surface area is 119 Å². The molecule has 0 saturated carbocycles. The summed E-state index contributed by atoms with van der Waals surface area (Å²) < 4.78 is 2.51. The molecule has 2 heterocycles. The molecule has 2 aromatic rings. The SMILES string of the molecule is CCCc1cc(C(=O)O)nn1Cc1ccc(Br)nc1. The number of hydrogen-bond donors (Lipinski definition) is 1. The molecule has 0 aliphatic heterocycles. The van der Waals surface area contributed by atoms with E-state index < -0.39 is 5.97 Å². The van der Waals surface area contributed by atoms with Crippen molar-refractivity contribution >= 4 is 21.9 Å². The van der Waals surface area contributed by atoms with Crippen LogP contribution in [0.2, 0.25) is 0 Å². The van der Waals surface area contributed by atoms with Gasteiger partial charge in [0, 0.05) is 11.9 Å². The highest BCUT2D eigenvalue weighted by Gasteiger charge is 2.12. The fraction of sp³-hybridized carbons (Fsp3) is 0.308. The van der Waals surface area contributed by atoms with Crippen molar-refractivity contribution in [3.05, 3.63) is 46.0 Å². The molecule has 0 bridgehead atoms. The number of halogens is 1. The van der Waals surface area contributed by atoms with Gasteiger partial charge in [-0.05, 0) is 40.0 Å². The minimum absolute atomic E-state index is 0.0912. The van der Waals surface area contributed by atoms with Crippen molar-refractivity contribution in [2.75, 3.05) is 0 Å². The molecule has 19 heavy (non-hydrogen) atoms. The third-order valence-electron chi connectivity index (χ3n) is 2.71. The Hall–Kier alpha value is -1.69. The van der Waals surface area contributed by atoms with Gasteiger partial charge in [0.15, 0.2) is 5.69 Å². The Balaban J connectivity index is 2.27. The molecule has 0 aliphatic carbocycles. The van der Waals surface area contributed by atoms with Gasteiger partial charge in [0.1, 0.15) is 4.60 Å². The zero-order valence-electron chi connectivity index (χ0n) is 10.5. The molecule has 2 aromatic heterocycles. The summed E-state index contributed by atoms with van der Waals surface area (Å²) in [4.78, 5) is 15.1. The first-order valence-electron chi connectivity index (χ1n) is 6.00. The Kier molecular flexibility index (Phi) is 4.31. The maximum absolute atomic E-state index is 11.0. The number of aryl methyl sites for hydroxylation is 1. The third-order valence-corrected chi connectivity index (χ3v) is 3.18. The average Bonchev–Trinajstić information content (AvgIpc) is 2.76. The molecule has 5 nitrogen and oxygen atoms in total. The topological polar surface area (TPSA) is 68.0 Å². The van der Waals surface area contributed by atoms with E-state index in [9.17, 15) is 4.79 Å². The second kappa shape index (κ2) is 5.97. The lowest BCUT2D eigenvalue weighted by molar-refractivity contribution is 0.0689.